The molecular weight excluding hydrogens is 395 g/mol. The number of nitrogens with zero attached hydrogens (tertiary/aromatic N) is 4. The molecule has 7 heteroatoms. The van der Waals surface area contributed by atoms with Crippen LogP contribution in [-0.2, 0) is 22.4 Å². The summed E-state index contributed by atoms with van der Waals surface area (Å²) in [5.41, 5.74) is 2.70. The minimum atomic E-state index is -0.267. The minimum absolute atomic E-state index is 0.0202. The number of fused-ring (bicyclic) bond motifs is 1. The molecule has 1 saturated heterocycles. The van der Waals surface area contributed by atoms with Crippen LogP contribution in [0, 0.1) is 18.7 Å². The van der Waals surface area contributed by atoms with Crippen molar-refractivity contribution < 1.29 is 14.0 Å². The Morgan fingerprint density at radius 1 is 1.23 bits per heavy atom. The number of halogens is 1. The number of carbonyl (C=O) groups is 2. The zero-order chi connectivity index (χ0) is 22.1. The van der Waals surface area contributed by atoms with E-state index in [-0.39, 0.29) is 23.5 Å². The number of anilines is 1. The van der Waals surface area contributed by atoms with Gasteiger partial charge in [0.15, 0.2) is 0 Å². The van der Waals surface area contributed by atoms with Gasteiger partial charge in [-0.05, 0) is 43.4 Å². The lowest BCUT2D eigenvalue weighted by Crippen LogP contribution is -2.30. The summed E-state index contributed by atoms with van der Waals surface area (Å²) in [5, 5.41) is 0. The van der Waals surface area contributed by atoms with Gasteiger partial charge in [-0.25, -0.2) is 14.4 Å². The third-order valence-electron chi connectivity index (χ3n) is 6.12. The first-order chi connectivity index (χ1) is 14.8. The molecule has 0 bridgehead atoms. The van der Waals surface area contributed by atoms with Gasteiger partial charge in [0.05, 0.1) is 6.42 Å². The van der Waals surface area contributed by atoms with Crippen molar-refractivity contribution in [1.82, 2.24) is 14.9 Å². The molecule has 31 heavy (non-hydrogen) atoms. The fourth-order valence-electron chi connectivity index (χ4n) is 4.38. The van der Waals surface area contributed by atoms with Gasteiger partial charge in [0.25, 0.3) is 0 Å². The van der Waals surface area contributed by atoms with E-state index in [9.17, 15) is 14.0 Å². The van der Waals surface area contributed by atoms with Crippen molar-refractivity contribution in [1.29, 1.82) is 0 Å². The van der Waals surface area contributed by atoms with Crippen molar-refractivity contribution in [3.63, 3.8) is 0 Å². The van der Waals surface area contributed by atoms with Crippen LogP contribution >= 0.6 is 0 Å². The maximum absolute atomic E-state index is 13.2. The average molecular weight is 425 g/mol. The molecule has 2 aliphatic rings. The summed E-state index contributed by atoms with van der Waals surface area (Å²) in [6.07, 6.45) is 2.34. The molecule has 1 atom stereocenters. The van der Waals surface area contributed by atoms with E-state index < -0.39 is 0 Å². The Bertz CT molecular complexity index is 990. The van der Waals surface area contributed by atoms with Crippen LogP contribution in [0.15, 0.2) is 24.3 Å². The Kier molecular flexibility index (Phi) is 6.03. The number of carbonyl (C=O) groups excluding carboxylic acids is 2. The molecule has 0 aliphatic carbocycles. The lowest BCUT2D eigenvalue weighted by molar-refractivity contribution is -0.130. The predicted octanol–water partition coefficient (Wildman–Crippen LogP) is 3.42. The molecule has 3 heterocycles. The first kappa shape index (κ1) is 21.4. The molecule has 0 saturated carbocycles. The van der Waals surface area contributed by atoms with Crippen LogP contribution in [0.4, 0.5) is 10.2 Å². The standard InChI is InChI=1S/C24H29FN4O2/c1-15(2)12-21(30)28-10-9-18(14-28)23-26-16(3)20-13-22(31)29(24(20)27-23)11-8-17-4-6-19(25)7-5-17/h4-7,15,18H,8-14H2,1-3H3/t18-/m0/s1. The highest BCUT2D eigenvalue weighted by Gasteiger charge is 2.34. The van der Waals surface area contributed by atoms with Crippen LogP contribution in [0.25, 0.3) is 0 Å². The number of hydrogen-bond donors (Lipinski definition) is 0. The average Bonchev–Trinajstić information content (AvgIpc) is 3.32. The largest absolute Gasteiger partial charge is 0.342 e. The van der Waals surface area contributed by atoms with Crippen LogP contribution < -0.4 is 4.90 Å². The van der Waals surface area contributed by atoms with Crippen molar-refractivity contribution in [3.05, 3.63) is 52.7 Å². The van der Waals surface area contributed by atoms with Crippen LogP contribution in [0.2, 0.25) is 0 Å². The number of hydrogen-bond acceptors (Lipinski definition) is 4. The summed E-state index contributed by atoms with van der Waals surface area (Å²) in [6.45, 7) is 7.89. The van der Waals surface area contributed by atoms with Gasteiger partial charge in [-0.2, -0.15) is 0 Å². The Labute approximate surface area is 182 Å². The number of aryl methyl sites for hydroxylation is 1. The Morgan fingerprint density at radius 3 is 2.68 bits per heavy atom. The number of likely N-dealkylation sites (tertiary alicyclic amines) is 1. The predicted molar refractivity (Wildman–Crippen MR) is 116 cm³/mol. The minimum Gasteiger partial charge on any atom is -0.342 e. The van der Waals surface area contributed by atoms with Crippen LogP contribution in [0.5, 0.6) is 0 Å². The van der Waals surface area contributed by atoms with E-state index in [0.717, 1.165) is 35.6 Å². The normalized spacial score (nSPS) is 18.2. The second-order valence-electron chi connectivity index (χ2n) is 8.99. The summed E-state index contributed by atoms with van der Waals surface area (Å²) in [7, 11) is 0. The molecule has 0 radical (unpaired) electrons. The Morgan fingerprint density at radius 2 is 1.97 bits per heavy atom. The van der Waals surface area contributed by atoms with Crippen molar-refractivity contribution in [2.45, 2.75) is 52.4 Å². The number of rotatable bonds is 6. The first-order valence-corrected chi connectivity index (χ1v) is 11.0. The number of amides is 2. The Balaban J connectivity index is 1.50. The topological polar surface area (TPSA) is 66.4 Å². The molecule has 0 spiro atoms. The summed E-state index contributed by atoms with van der Waals surface area (Å²) >= 11 is 0. The van der Waals surface area contributed by atoms with E-state index in [4.69, 9.17) is 9.97 Å². The summed E-state index contributed by atoms with van der Waals surface area (Å²) in [6, 6.07) is 6.36. The van der Waals surface area contributed by atoms with E-state index in [1.54, 1.807) is 17.0 Å². The lowest BCUT2D eigenvalue weighted by atomic mass is 10.1. The van der Waals surface area contributed by atoms with Crippen molar-refractivity contribution in [3.8, 4) is 0 Å². The van der Waals surface area contributed by atoms with Crippen LogP contribution in [-0.4, -0.2) is 46.3 Å². The lowest BCUT2D eigenvalue weighted by Gasteiger charge is -2.19. The monoisotopic (exact) mass is 424 g/mol. The van der Waals surface area contributed by atoms with Gasteiger partial charge in [0, 0.05) is 43.2 Å². The van der Waals surface area contributed by atoms with Gasteiger partial charge in [-0.3, -0.25) is 14.5 Å². The van der Waals surface area contributed by atoms with Gasteiger partial charge >= 0.3 is 0 Å². The van der Waals surface area contributed by atoms with Crippen molar-refractivity contribution >= 4 is 17.6 Å². The van der Waals surface area contributed by atoms with Crippen LogP contribution in [0.1, 0.15) is 55.3 Å². The summed E-state index contributed by atoms with van der Waals surface area (Å²) in [4.78, 5) is 38.3. The fraction of sp³-hybridized carbons (Fsp3) is 0.500. The highest BCUT2D eigenvalue weighted by atomic mass is 19.1. The first-order valence-electron chi connectivity index (χ1n) is 11.0. The molecule has 0 N–H and O–H groups in total. The molecule has 2 aromatic rings. The van der Waals surface area contributed by atoms with E-state index in [1.165, 1.54) is 12.1 Å². The molecule has 4 rings (SSSR count). The van der Waals surface area contributed by atoms with E-state index >= 15 is 0 Å². The second-order valence-corrected chi connectivity index (χ2v) is 8.99. The van der Waals surface area contributed by atoms with Gasteiger partial charge in [-0.1, -0.05) is 26.0 Å². The van der Waals surface area contributed by atoms with Gasteiger partial charge in [0.2, 0.25) is 11.8 Å². The summed E-state index contributed by atoms with van der Waals surface area (Å²) < 4.78 is 13.2. The van der Waals surface area contributed by atoms with Crippen molar-refractivity contribution in [2.24, 2.45) is 5.92 Å². The molecular formula is C24H29FN4O2. The zero-order valence-electron chi connectivity index (χ0n) is 18.4. The highest BCUT2D eigenvalue weighted by molar-refractivity contribution is 6.00. The van der Waals surface area contributed by atoms with Gasteiger partial charge in [-0.15, -0.1) is 0 Å². The second kappa shape index (κ2) is 8.73. The Hall–Kier alpha value is -2.83. The third kappa shape index (κ3) is 4.60. The van der Waals surface area contributed by atoms with E-state index in [0.29, 0.717) is 44.1 Å². The SMILES string of the molecule is Cc1nc([C@H]2CCN(C(=O)CC(C)C)C2)nc2c1CC(=O)N2CCc1ccc(F)cc1. The van der Waals surface area contributed by atoms with E-state index in [2.05, 4.69) is 13.8 Å². The number of benzene rings is 1. The van der Waals surface area contributed by atoms with Crippen molar-refractivity contribution in [2.75, 3.05) is 24.5 Å². The molecule has 2 aliphatic heterocycles. The molecule has 2 amide bonds. The van der Waals surface area contributed by atoms with E-state index in [1.807, 2.05) is 11.8 Å². The molecule has 1 aromatic heterocycles. The smallest absolute Gasteiger partial charge is 0.232 e. The van der Waals surface area contributed by atoms with Gasteiger partial charge in [0.1, 0.15) is 17.5 Å². The quantitative estimate of drug-likeness (QED) is 0.713. The molecule has 1 aromatic carbocycles. The third-order valence-corrected chi connectivity index (χ3v) is 6.12. The van der Waals surface area contributed by atoms with Gasteiger partial charge < -0.3 is 4.90 Å². The molecule has 0 unspecified atom stereocenters. The molecule has 1 fully saturated rings. The molecule has 6 nitrogen and oxygen atoms in total. The molecule has 164 valence electrons. The fourth-order valence-corrected chi connectivity index (χ4v) is 4.38. The maximum Gasteiger partial charge on any atom is 0.232 e. The number of aromatic nitrogens is 2. The maximum atomic E-state index is 13.2. The summed E-state index contributed by atoms with van der Waals surface area (Å²) in [5.74, 6) is 1.79. The zero-order valence-corrected chi connectivity index (χ0v) is 18.4. The van der Waals surface area contributed by atoms with Crippen LogP contribution in [0.3, 0.4) is 0 Å². The highest BCUT2D eigenvalue weighted by Crippen LogP contribution is 2.33.